The standard InChI is InChI=1S/C5H5N5O.C5H5N5.C2H4O2.CH5N3/c6-5-9-3-2(4(11)10-5)7-1-8-3;6-4-3-5(9-1-7-3)10-2-8-4;1-2(3)4;2-1(3)4/h1H,(H4,6,7,8,9,10,11);1-2H,(H3,6,7,8,9,10);1H3,(H,3,4);(H5,2,3,4). The summed E-state index contributed by atoms with van der Waals surface area (Å²) in [5, 5.41) is 13.5. The van der Waals surface area contributed by atoms with Gasteiger partial charge in [0.1, 0.15) is 11.8 Å². The fraction of sp³-hybridized carbons (Fsp3) is 0.0769. The minimum Gasteiger partial charge on any atom is -0.481 e. The highest BCUT2D eigenvalue weighted by Crippen LogP contribution is 2.09. The molecular weight excluding hydrogens is 386 g/mol. The molecule has 4 aromatic rings. The van der Waals surface area contributed by atoms with Crippen LogP contribution in [0, 0.1) is 5.41 Å². The number of aromatic amines is 3. The summed E-state index contributed by atoms with van der Waals surface area (Å²) in [6.45, 7) is 1.08. The summed E-state index contributed by atoms with van der Waals surface area (Å²) in [6, 6.07) is 0. The molecule has 0 radical (unpaired) electrons. The van der Waals surface area contributed by atoms with Gasteiger partial charge in [-0.2, -0.15) is 4.98 Å². The number of H-pyrrole nitrogens is 3. The number of hydrogen-bond acceptors (Lipinski definition) is 10. The molecule has 0 aliphatic rings. The molecule has 13 N–H and O–H groups in total. The number of anilines is 2. The monoisotopic (exact) mass is 405 g/mol. The average Bonchev–Trinajstić information content (AvgIpc) is 3.23. The Kier molecular flexibility index (Phi) is 7.99. The molecule has 154 valence electrons. The zero-order valence-corrected chi connectivity index (χ0v) is 15.0. The number of nitrogens with two attached hydrogens (primary N) is 4. The molecule has 0 saturated heterocycles. The lowest BCUT2D eigenvalue weighted by Crippen LogP contribution is -2.20. The Hall–Kier alpha value is -4.76. The lowest BCUT2D eigenvalue weighted by Gasteiger charge is -1.89. The maximum absolute atomic E-state index is 11.0. The number of aliphatic carboxylic acids is 1. The maximum atomic E-state index is 11.0. The van der Waals surface area contributed by atoms with E-state index in [4.69, 9.17) is 26.8 Å². The predicted octanol–water partition coefficient (Wildman–Crippen LogP) is -1.91. The van der Waals surface area contributed by atoms with E-state index in [0.29, 0.717) is 28.1 Å². The second kappa shape index (κ2) is 10.4. The molecule has 0 spiro atoms. The Labute approximate surface area is 161 Å². The minimum atomic E-state index is -0.833. The number of nitrogens with one attached hydrogen (secondary N) is 4. The first-order chi connectivity index (χ1) is 13.6. The lowest BCUT2D eigenvalue weighted by molar-refractivity contribution is -0.134. The second-order valence-electron chi connectivity index (χ2n) is 4.89. The molecule has 16 nitrogen and oxygen atoms in total. The number of carboxylic acids is 1. The maximum Gasteiger partial charge on any atom is 0.300 e. The van der Waals surface area contributed by atoms with Gasteiger partial charge in [0.15, 0.2) is 28.6 Å². The number of rotatable bonds is 0. The van der Waals surface area contributed by atoms with Crippen LogP contribution in [0.4, 0.5) is 11.8 Å². The van der Waals surface area contributed by atoms with Crippen LogP contribution in [0.2, 0.25) is 0 Å². The summed E-state index contributed by atoms with van der Waals surface area (Å²) in [5.74, 6) is -0.655. The molecule has 4 aromatic heterocycles. The largest absolute Gasteiger partial charge is 0.481 e. The van der Waals surface area contributed by atoms with Gasteiger partial charge in [0.2, 0.25) is 5.95 Å². The van der Waals surface area contributed by atoms with Gasteiger partial charge in [-0.25, -0.2) is 19.9 Å². The van der Waals surface area contributed by atoms with Crippen LogP contribution in [-0.2, 0) is 4.79 Å². The third kappa shape index (κ3) is 7.56. The van der Waals surface area contributed by atoms with Crippen molar-refractivity contribution in [1.29, 1.82) is 5.41 Å². The van der Waals surface area contributed by atoms with E-state index in [1.54, 1.807) is 0 Å². The number of guanidine groups is 1. The molecule has 0 unspecified atom stereocenters. The lowest BCUT2D eigenvalue weighted by atomic mass is 10.5. The van der Waals surface area contributed by atoms with Gasteiger partial charge in [0.25, 0.3) is 11.5 Å². The normalized spacial score (nSPS) is 9.28. The molecule has 4 rings (SSSR count). The zero-order chi connectivity index (χ0) is 22.0. The Bertz CT molecular complexity index is 1130. The molecule has 0 aliphatic heterocycles. The highest BCUT2D eigenvalue weighted by molar-refractivity contribution is 5.80. The third-order valence-electron chi connectivity index (χ3n) is 2.57. The number of carboxylic acid groups (broad SMARTS) is 1. The molecule has 0 atom stereocenters. The van der Waals surface area contributed by atoms with E-state index >= 15 is 0 Å². The number of aromatic nitrogens is 8. The summed E-state index contributed by atoms with van der Waals surface area (Å²) in [7, 11) is 0. The summed E-state index contributed by atoms with van der Waals surface area (Å²) in [4.78, 5) is 46.9. The average molecular weight is 405 g/mol. The zero-order valence-electron chi connectivity index (χ0n) is 15.0. The van der Waals surface area contributed by atoms with Crippen molar-refractivity contribution in [3.63, 3.8) is 0 Å². The van der Waals surface area contributed by atoms with E-state index in [2.05, 4.69) is 51.3 Å². The summed E-state index contributed by atoms with van der Waals surface area (Å²) in [6.07, 6.45) is 4.32. The summed E-state index contributed by atoms with van der Waals surface area (Å²) < 4.78 is 0. The number of carbonyl (C=O) groups is 1. The van der Waals surface area contributed by atoms with Crippen molar-refractivity contribution in [2.75, 3.05) is 11.5 Å². The SMILES string of the molecule is CC(=O)O.N=C(N)N.Nc1nc2nc[nH]c2c(=O)[nH]1.Nc1ncnc2nc[nH]c12. The van der Waals surface area contributed by atoms with Crippen molar-refractivity contribution < 1.29 is 9.90 Å². The van der Waals surface area contributed by atoms with Gasteiger partial charge < -0.3 is 38.0 Å². The summed E-state index contributed by atoms with van der Waals surface area (Å²) in [5.41, 5.74) is 21.4. The minimum absolute atomic E-state index is 0.0783. The van der Waals surface area contributed by atoms with Gasteiger partial charge in [0, 0.05) is 6.92 Å². The fourth-order valence-corrected chi connectivity index (χ4v) is 1.64. The predicted molar refractivity (Wildman–Crippen MR) is 104 cm³/mol. The van der Waals surface area contributed by atoms with Gasteiger partial charge >= 0.3 is 0 Å². The first-order valence-electron chi connectivity index (χ1n) is 7.49. The second-order valence-corrected chi connectivity index (χ2v) is 4.89. The quantitative estimate of drug-likeness (QED) is 0.114. The van der Waals surface area contributed by atoms with Crippen LogP contribution in [0.1, 0.15) is 6.92 Å². The van der Waals surface area contributed by atoms with Crippen LogP contribution < -0.4 is 28.5 Å². The summed E-state index contributed by atoms with van der Waals surface area (Å²) >= 11 is 0. The van der Waals surface area contributed by atoms with Crippen LogP contribution in [0.5, 0.6) is 0 Å². The van der Waals surface area contributed by atoms with E-state index < -0.39 is 5.97 Å². The first-order valence-corrected chi connectivity index (χ1v) is 7.49. The van der Waals surface area contributed by atoms with E-state index in [0.717, 1.165) is 6.92 Å². The Morgan fingerprint density at radius 2 is 1.55 bits per heavy atom. The Morgan fingerprint density at radius 3 is 2.10 bits per heavy atom. The van der Waals surface area contributed by atoms with Crippen molar-refractivity contribution in [3.8, 4) is 0 Å². The number of nitrogen functional groups attached to an aromatic ring is 2. The van der Waals surface area contributed by atoms with E-state index in [1.807, 2.05) is 0 Å². The molecule has 16 heteroatoms. The van der Waals surface area contributed by atoms with E-state index in [9.17, 15) is 4.79 Å². The molecule has 0 amide bonds. The number of imidazole rings is 2. The highest BCUT2D eigenvalue weighted by Gasteiger charge is 2.01. The van der Waals surface area contributed by atoms with Gasteiger partial charge in [-0.3, -0.25) is 20.0 Å². The molecule has 0 aromatic carbocycles. The number of nitrogens with zero attached hydrogens (tertiary/aromatic N) is 5. The van der Waals surface area contributed by atoms with Gasteiger partial charge in [-0.05, 0) is 0 Å². The smallest absolute Gasteiger partial charge is 0.300 e. The van der Waals surface area contributed by atoms with Crippen molar-refractivity contribution >= 4 is 46.0 Å². The molecular formula is C13H19N13O3. The topological polar surface area (TPSA) is 294 Å². The van der Waals surface area contributed by atoms with Gasteiger partial charge in [-0.1, -0.05) is 0 Å². The van der Waals surface area contributed by atoms with Gasteiger partial charge in [0.05, 0.1) is 12.7 Å². The van der Waals surface area contributed by atoms with Crippen LogP contribution in [-0.4, -0.2) is 56.9 Å². The van der Waals surface area contributed by atoms with Crippen molar-refractivity contribution in [2.24, 2.45) is 11.5 Å². The molecule has 29 heavy (non-hydrogen) atoms. The highest BCUT2D eigenvalue weighted by atomic mass is 16.4. The van der Waals surface area contributed by atoms with Crippen LogP contribution in [0.15, 0.2) is 23.8 Å². The molecule has 0 bridgehead atoms. The molecule has 0 fully saturated rings. The molecule has 4 heterocycles. The molecule has 0 aliphatic carbocycles. The molecule has 0 saturated carbocycles. The third-order valence-corrected chi connectivity index (χ3v) is 2.57. The first kappa shape index (κ1) is 22.3. The Balaban J connectivity index is 0.000000215. The van der Waals surface area contributed by atoms with Crippen molar-refractivity contribution in [1.82, 2.24) is 39.9 Å². The van der Waals surface area contributed by atoms with E-state index in [-0.39, 0.29) is 17.5 Å². The van der Waals surface area contributed by atoms with Crippen LogP contribution in [0.25, 0.3) is 22.3 Å². The van der Waals surface area contributed by atoms with Crippen molar-refractivity contribution in [3.05, 3.63) is 29.3 Å². The van der Waals surface area contributed by atoms with Crippen LogP contribution >= 0.6 is 0 Å². The van der Waals surface area contributed by atoms with Gasteiger partial charge in [-0.15, -0.1) is 0 Å². The Morgan fingerprint density at radius 1 is 1.03 bits per heavy atom. The fourth-order valence-electron chi connectivity index (χ4n) is 1.64. The number of fused-ring (bicyclic) bond motifs is 2. The van der Waals surface area contributed by atoms with E-state index in [1.165, 1.54) is 19.0 Å². The number of hydrogen-bond donors (Lipinski definition) is 9. The van der Waals surface area contributed by atoms with Crippen molar-refractivity contribution in [2.45, 2.75) is 6.92 Å². The van der Waals surface area contributed by atoms with Crippen LogP contribution in [0.3, 0.4) is 0 Å².